The van der Waals surface area contributed by atoms with Crippen LogP contribution in [-0.4, -0.2) is 6.79 Å². The molecule has 2 rings (SSSR count). The summed E-state index contributed by atoms with van der Waals surface area (Å²) in [5, 5.41) is 0. The van der Waals surface area contributed by atoms with Gasteiger partial charge in [0.2, 0.25) is 6.79 Å². The summed E-state index contributed by atoms with van der Waals surface area (Å²) in [6.45, 7) is 8.72. The molecule has 0 aromatic carbocycles. The van der Waals surface area contributed by atoms with Crippen molar-refractivity contribution in [3.8, 4) is 0 Å². The van der Waals surface area contributed by atoms with E-state index in [1.807, 2.05) is 26.0 Å². The third kappa shape index (κ3) is 2.65. The van der Waals surface area contributed by atoms with Gasteiger partial charge in [-0.15, -0.1) is 0 Å². The fraction of sp³-hybridized carbons (Fsp3) is 0.538. The van der Waals surface area contributed by atoms with E-state index in [2.05, 4.69) is 26.0 Å². The molecule has 2 nitrogen and oxygen atoms in total. The maximum atomic E-state index is 5.29. The summed E-state index contributed by atoms with van der Waals surface area (Å²) < 4.78 is 10.6. The summed E-state index contributed by atoms with van der Waals surface area (Å²) in [6.07, 6.45) is 9.43. The van der Waals surface area contributed by atoms with Crippen molar-refractivity contribution < 1.29 is 9.47 Å². The van der Waals surface area contributed by atoms with Gasteiger partial charge in [-0.2, -0.15) is 0 Å². The van der Waals surface area contributed by atoms with E-state index in [-0.39, 0.29) is 5.41 Å². The Hall–Kier alpha value is -1.18. The Labute approximate surface area is 92.3 Å². The molecule has 0 atom stereocenters. The predicted octanol–water partition coefficient (Wildman–Crippen LogP) is 3.77. The second kappa shape index (κ2) is 5.06. The average Bonchev–Trinajstić information content (AvgIpc) is 2.68. The van der Waals surface area contributed by atoms with Crippen LogP contribution in [0.4, 0.5) is 0 Å². The van der Waals surface area contributed by atoms with Crippen LogP contribution in [0.1, 0.15) is 34.1 Å². The molecule has 2 heteroatoms. The van der Waals surface area contributed by atoms with Gasteiger partial charge in [0.1, 0.15) is 0 Å². The molecule has 0 fully saturated rings. The van der Waals surface area contributed by atoms with E-state index in [1.165, 1.54) is 0 Å². The van der Waals surface area contributed by atoms with Crippen LogP contribution in [0.25, 0.3) is 0 Å². The van der Waals surface area contributed by atoms with Gasteiger partial charge in [0, 0.05) is 5.41 Å². The summed E-state index contributed by atoms with van der Waals surface area (Å²) >= 11 is 0. The highest BCUT2D eigenvalue weighted by molar-refractivity contribution is 5.33. The molecule has 0 unspecified atom stereocenters. The Morgan fingerprint density at radius 3 is 2.00 bits per heavy atom. The highest BCUT2D eigenvalue weighted by atomic mass is 16.7. The maximum absolute atomic E-state index is 5.29. The highest BCUT2D eigenvalue weighted by Crippen LogP contribution is 2.31. The number of ether oxygens (including phenoxy) is 2. The molecular formula is C13H20O2. The van der Waals surface area contributed by atoms with E-state index >= 15 is 0 Å². The molecule has 2 aliphatic rings. The monoisotopic (exact) mass is 208 g/mol. The molecule has 0 aromatic heterocycles. The van der Waals surface area contributed by atoms with Crippen LogP contribution in [0.2, 0.25) is 0 Å². The van der Waals surface area contributed by atoms with Gasteiger partial charge in [-0.05, 0) is 18.6 Å². The van der Waals surface area contributed by atoms with Crippen LogP contribution >= 0.6 is 0 Å². The zero-order chi connectivity index (χ0) is 11.3. The molecule has 1 heterocycles. The lowest BCUT2D eigenvalue weighted by Crippen LogP contribution is -2.06. The fourth-order valence-corrected chi connectivity index (χ4v) is 1.38. The highest BCUT2D eigenvalue weighted by Gasteiger charge is 2.21. The van der Waals surface area contributed by atoms with Gasteiger partial charge in [-0.1, -0.05) is 39.8 Å². The lowest BCUT2D eigenvalue weighted by molar-refractivity contribution is 0.0774. The summed E-state index contributed by atoms with van der Waals surface area (Å²) in [7, 11) is 0. The average molecular weight is 208 g/mol. The van der Waals surface area contributed by atoms with E-state index < -0.39 is 0 Å². The predicted molar refractivity (Wildman–Crippen MR) is 62.1 cm³/mol. The van der Waals surface area contributed by atoms with E-state index in [9.17, 15) is 0 Å². The molecule has 84 valence electrons. The van der Waals surface area contributed by atoms with E-state index in [1.54, 1.807) is 0 Å². The SMILES string of the molecule is CC.CCC1(C)C=CC2=C(C=C1)OCO2. The van der Waals surface area contributed by atoms with Crippen molar-refractivity contribution >= 4 is 0 Å². The Morgan fingerprint density at radius 1 is 1.13 bits per heavy atom. The number of hydrogen-bond donors (Lipinski definition) is 0. The first-order valence-corrected chi connectivity index (χ1v) is 5.62. The van der Waals surface area contributed by atoms with Gasteiger partial charge in [0.05, 0.1) is 0 Å². The van der Waals surface area contributed by atoms with Gasteiger partial charge in [-0.25, -0.2) is 0 Å². The molecule has 0 saturated carbocycles. The minimum Gasteiger partial charge on any atom is -0.454 e. The van der Waals surface area contributed by atoms with Crippen molar-refractivity contribution in [3.05, 3.63) is 35.8 Å². The Bertz CT molecular complexity index is 274. The normalized spacial score (nSPS) is 20.8. The molecule has 0 saturated heterocycles. The van der Waals surface area contributed by atoms with Gasteiger partial charge in [0.25, 0.3) is 0 Å². The fourth-order valence-electron chi connectivity index (χ4n) is 1.38. The second-order valence-electron chi connectivity index (χ2n) is 3.66. The van der Waals surface area contributed by atoms with Gasteiger partial charge >= 0.3 is 0 Å². The van der Waals surface area contributed by atoms with Crippen LogP contribution in [0.3, 0.4) is 0 Å². The van der Waals surface area contributed by atoms with Crippen LogP contribution in [0.5, 0.6) is 0 Å². The molecule has 0 bridgehead atoms. The Balaban J connectivity index is 0.000000531. The van der Waals surface area contributed by atoms with Crippen molar-refractivity contribution in [1.82, 2.24) is 0 Å². The summed E-state index contributed by atoms with van der Waals surface area (Å²) in [5.41, 5.74) is 0.136. The minimum atomic E-state index is 0.136. The molecule has 1 aliphatic heterocycles. The summed E-state index contributed by atoms with van der Waals surface area (Å²) in [4.78, 5) is 0. The van der Waals surface area contributed by atoms with E-state index in [0.29, 0.717) is 6.79 Å². The lowest BCUT2D eigenvalue weighted by atomic mass is 9.87. The van der Waals surface area contributed by atoms with Crippen molar-refractivity contribution in [2.45, 2.75) is 34.1 Å². The molecule has 0 aromatic rings. The first kappa shape index (κ1) is 11.9. The molecule has 0 radical (unpaired) electrons. The van der Waals surface area contributed by atoms with Crippen molar-refractivity contribution in [2.75, 3.05) is 6.79 Å². The third-order valence-corrected chi connectivity index (χ3v) is 2.66. The van der Waals surface area contributed by atoms with Crippen molar-refractivity contribution in [3.63, 3.8) is 0 Å². The van der Waals surface area contributed by atoms with Crippen molar-refractivity contribution in [2.24, 2.45) is 5.41 Å². The van der Waals surface area contributed by atoms with Crippen LogP contribution < -0.4 is 0 Å². The van der Waals surface area contributed by atoms with Gasteiger partial charge in [0.15, 0.2) is 11.5 Å². The number of rotatable bonds is 1. The van der Waals surface area contributed by atoms with Crippen molar-refractivity contribution in [1.29, 1.82) is 0 Å². The van der Waals surface area contributed by atoms with Crippen LogP contribution in [0.15, 0.2) is 35.8 Å². The zero-order valence-electron chi connectivity index (χ0n) is 10.0. The zero-order valence-corrected chi connectivity index (χ0v) is 10.0. The Kier molecular flexibility index (Phi) is 4.01. The summed E-state index contributed by atoms with van der Waals surface area (Å²) in [5.74, 6) is 1.71. The second-order valence-corrected chi connectivity index (χ2v) is 3.66. The number of allylic oxidation sites excluding steroid dienone is 4. The molecule has 0 spiro atoms. The first-order valence-electron chi connectivity index (χ1n) is 5.62. The van der Waals surface area contributed by atoms with E-state index in [4.69, 9.17) is 9.47 Å². The van der Waals surface area contributed by atoms with Crippen LogP contribution in [0, 0.1) is 5.41 Å². The molecule has 0 amide bonds. The summed E-state index contributed by atoms with van der Waals surface area (Å²) in [6, 6.07) is 0. The largest absolute Gasteiger partial charge is 0.454 e. The van der Waals surface area contributed by atoms with E-state index in [0.717, 1.165) is 17.9 Å². The molecular weight excluding hydrogens is 188 g/mol. The maximum Gasteiger partial charge on any atom is 0.231 e. The standard InChI is InChI=1S/C11H14O2.C2H6/c1-3-11(2)6-4-9-10(5-7-11)13-8-12-9;1-2/h4-7H,3,8H2,1-2H3;1-2H3. The lowest BCUT2D eigenvalue weighted by Gasteiger charge is -2.18. The number of hydrogen-bond acceptors (Lipinski definition) is 2. The topological polar surface area (TPSA) is 18.5 Å². The smallest absolute Gasteiger partial charge is 0.231 e. The third-order valence-electron chi connectivity index (χ3n) is 2.66. The van der Waals surface area contributed by atoms with Gasteiger partial charge in [-0.3, -0.25) is 0 Å². The first-order chi connectivity index (χ1) is 7.23. The van der Waals surface area contributed by atoms with Crippen LogP contribution in [-0.2, 0) is 9.47 Å². The minimum absolute atomic E-state index is 0.136. The molecule has 0 N–H and O–H groups in total. The molecule has 1 aliphatic carbocycles. The Morgan fingerprint density at radius 2 is 1.60 bits per heavy atom. The van der Waals surface area contributed by atoms with Gasteiger partial charge < -0.3 is 9.47 Å². The molecule has 15 heavy (non-hydrogen) atoms. The quantitative estimate of drug-likeness (QED) is 0.653.